The number of ketones is 1. The van der Waals surface area contributed by atoms with E-state index < -0.39 is 17.4 Å². The van der Waals surface area contributed by atoms with Gasteiger partial charge in [-0.2, -0.15) is 0 Å². The van der Waals surface area contributed by atoms with Gasteiger partial charge < -0.3 is 30.1 Å². The summed E-state index contributed by atoms with van der Waals surface area (Å²) in [6.45, 7) is 0.639. The molecule has 1 aromatic carbocycles. The maximum atomic E-state index is 13.4. The van der Waals surface area contributed by atoms with Crippen LogP contribution in [0.4, 0.5) is 5.82 Å². The first-order chi connectivity index (χ1) is 18.5. The molecular formula is C26H25N7O5. The Morgan fingerprint density at radius 3 is 2.63 bits per heavy atom. The maximum Gasteiger partial charge on any atom is 0.434 e. The Morgan fingerprint density at radius 1 is 1.21 bits per heavy atom. The number of likely N-dealkylation sites (tertiary alicyclic amines) is 1. The molecule has 1 saturated heterocycles. The summed E-state index contributed by atoms with van der Waals surface area (Å²) >= 11 is 0. The number of pyridine rings is 1. The van der Waals surface area contributed by atoms with Gasteiger partial charge in [-0.25, -0.2) is 14.9 Å². The van der Waals surface area contributed by atoms with Gasteiger partial charge in [-0.15, -0.1) is 5.10 Å². The van der Waals surface area contributed by atoms with E-state index in [0.717, 1.165) is 11.1 Å². The number of amides is 1. The number of nitrogens with zero attached hydrogens (tertiary/aromatic N) is 3. The van der Waals surface area contributed by atoms with Crippen molar-refractivity contribution in [1.29, 1.82) is 0 Å². The van der Waals surface area contributed by atoms with Gasteiger partial charge >= 0.3 is 5.76 Å². The highest BCUT2D eigenvalue weighted by molar-refractivity contribution is 6.45. The Labute approximate surface area is 216 Å². The number of nitrogens with one attached hydrogen (secondary N) is 3. The second-order valence-corrected chi connectivity index (χ2v) is 8.52. The van der Waals surface area contributed by atoms with Gasteiger partial charge in [0, 0.05) is 37.3 Å². The number of hydrogen-bond donors (Lipinski definition) is 4. The van der Waals surface area contributed by atoms with Crippen molar-refractivity contribution in [2.24, 2.45) is 5.73 Å². The summed E-state index contributed by atoms with van der Waals surface area (Å²) in [6, 6.07) is 9.48. The number of Topliss-reactive ketones (excluding diaryl/α,β-unsaturated/α-hetero) is 1. The van der Waals surface area contributed by atoms with Crippen LogP contribution in [-0.2, 0) is 4.79 Å². The number of hydrogen-bond acceptors (Lipinski definition) is 9. The Morgan fingerprint density at radius 2 is 1.97 bits per heavy atom. The summed E-state index contributed by atoms with van der Waals surface area (Å²) in [5.74, 6) is -0.936. The van der Waals surface area contributed by atoms with Crippen LogP contribution in [0.1, 0.15) is 34.7 Å². The minimum atomic E-state index is -0.657. The second-order valence-electron chi connectivity index (χ2n) is 8.52. The number of piperidine rings is 1. The number of aromatic nitrogens is 4. The first-order valence-corrected chi connectivity index (χ1v) is 11.9. The fraction of sp³-hybridized carbons (Fsp3) is 0.192. The molecule has 1 amide bonds. The van der Waals surface area contributed by atoms with Crippen LogP contribution < -0.4 is 21.5 Å². The molecule has 0 aliphatic carbocycles. The zero-order valence-corrected chi connectivity index (χ0v) is 20.5. The van der Waals surface area contributed by atoms with E-state index in [4.69, 9.17) is 14.9 Å². The van der Waals surface area contributed by atoms with Crippen molar-refractivity contribution < 1.29 is 18.7 Å². The van der Waals surface area contributed by atoms with E-state index in [1.54, 1.807) is 0 Å². The smallest absolute Gasteiger partial charge is 0.434 e. The molecule has 0 spiro atoms. The lowest BCUT2D eigenvalue weighted by molar-refractivity contribution is -0.126. The molecule has 0 unspecified atom stereocenters. The summed E-state index contributed by atoms with van der Waals surface area (Å²) in [5, 5.41) is 9.71. The third kappa shape index (κ3) is 4.54. The number of carbonyl (C=O) groups is 2. The lowest BCUT2D eigenvalue weighted by Crippen LogP contribution is -2.40. The number of anilines is 1. The summed E-state index contributed by atoms with van der Waals surface area (Å²) in [6.07, 6.45) is 6.74. The van der Waals surface area contributed by atoms with Gasteiger partial charge in [-0.1, -0.05) is 35.9 Å². The van der Waals surface area contributed by atoms with Crippen LogP contribution in [0.3, 0.4) is 0 Å². The van der Waals surface area contributed by atoms with Crippen LogP contribution in [0.15, 0.2) is 69.9 Å². The average molecular weight is 516 g/mol. The first-order valence-electron chi connectivity index (χ1n) is 11.9. The van der Waals surface area contributed by atoms with E-state index in [0.29, 0.717) is 54.0 Å². The van der Waals surface area contributed by atoms with Gasteiger partial charge in [-0.3, -0.25) is 9.59 Å². The van der Waals surface area contributed by atoms with Gasteiger partial charge in [0.05, 0.1) is 29.8 Å². The number of methoxy groups -OCH3 is 1. The molecule has 5 N–H and O–H groups in total. The Bertz CT molecular complexity index is 1600. The molecule has 0 bridgehead atoms. The minimum Gasteiger partial charge on any atom is -0.494 e. The van der Waals surface area contributed by atoms with E-state index in [9.17, 15) is 14.4 Å². The number of nitrogens with two attached hydrogens (primary N) is 1. The normalized spacial score (nSPS) is 13.7. The van der Waals surface area contributed by atoms with Crippen molar-refractivity contribution in [1.82, 2.24) is 25.1 Å². The van der Waals surface area contributed by atoms with Crippen molar-refractivity contribution in [3.8, 4) is 5.75 Å². The number of carbonyl (C=O) groups excluding carboxylic acids is 2. The molecule has 4 aromatic rings. The fourth-order valence-corrected chi connectivity index (χ4v) is 4.60. The summed E-state index contributed by atoms with van der Waals surface area (Å²) in [5.41, 5.74) is 8.65. The highest BCUT2D eigenvalue weighted by Gasteiger charge is 2.30. The van der Waals surface area contributed by atoms with Crippen molar-refractivity contribution in [3.63, 3.8) is 0 Å². The van der Waals surface area contributed by atoms with Crippen molar-refractivity contribution in [2.75, 3.05) is 25.5 Å². The van der Waals surface area contributed by atoms with Crippen LogP contribution in [0.5, 0.6) is 5.75 Å². The summed E-state index contributed by atoms with van der Waals surface area (Å²) in [4.78, 5) is 47.1. The Hall–Kier alpha value is -5.13. The van der Waals surface area contributed by atoms with E-state index in [1.807, 2.05) is 30.3 Å². The summed E-state index contributed by atoms with van der Waals surface area (Å²) < 4.78 is 10.7. The van der Waals surface area contributed by atoms with Gasteiger partial charge in [-0.05, 0) is 18.4 Å². The number of aromatic amines is 2. The van der Waals surface area contributed by atoms with Crippen LogP contribution in [0, 0.1) is 0 Å². The van der Waals surface area contributed by atoms with E-state index >= 15 is 0 Å². The molecule has 38 heavy (non-hydrogen) atoms. The molecule has 1 aliphatic heterocycles. The highest BCUT2D eigenvalue weighted by atomic mass is 16.5. The number of benzene rings is 1. The molecule has 4 heterocycles. The van der Waals surface area contributed by atoms with Crippen LogP contribution in [0.25, 0.3) is 16.5 Å². The van der Waals surface area contributed by atoms with Crippen molar-refractivity contribution in [2.45, 2.75) is 12.8 Å². The van der Waals surface area contributed by atoms with Crippen LogP contribution >= 0.6 is 0 Å². The molecule has 0 atom stereocenters. The lowest BCUT2D eigenvalue weighted by Gasteiger charge is -2.29. The Kier molecular flexibility index (Phi) is 6.76. The number of rotatable bonds is 7. The molecular weight excluding hydrogens is 490 g/mol. The van der Waals surface area contributed by atoms with E-state index in [1.165, 1.54) is 36.8 Å². The molecule has 1 aliphatic rings. The van der Waals surface area contributed by atoms with Gasteiger partial charge in [0.2, 0.25) is 5.89 Å². The van der Waals surface area contributed by atoms with E-state index in [-0.39, 0.29) is 11.5 Å². The number of fused-ring (bicyclic) bond motifs is 1. The number of ether oxygens (including phenoxy) is 1. The second kappa shape index (κ2) is 10.5. The van der Waals surface area contributed by atoms with Gasteiger partial charge in [0.15, 0.2) is 5.82 Å². The molecule has 12 nitrogen and oxygen atoms in total. The quantitative estimate of drug-likeness (QED) is 0.213. The monoisotopic (exact) mass is 515 g/mol. The fourth-order valence-electron chi connectivity index (χ4n) is 4.60. The van der Waals surface area contributed by atoms with Crippen molar-refractivity contribution in [3.05, 3.63) is 88.3 Å². The van der Waals surface area contributed by atoms with Gasteiger partial charge in [0.25, 0.3) is 11.7 Å². The molecule has 5 rings (SSSR count). The molecule has 0 radical (unpaired) electrons. The highest BCUT2D eigenvalue weighted by Crippen LogP contribution is 2.34. The number of H-pyrrole nitrogens is 2. The summed E-state index contributed by atoms with van der Waals surface area (Å²) in [7, 11) is 1.47. The van der Waals surface area contributed by atoms with E-state index in [2.05, 4.69) is 25.5 Å². The molecule has 3 aromatic heterocycles. The standard InChI is InChI=1S/C26H25N7O5/c1-37-18-14-30-23(28-10-9-27)21-20(18)17(13-29-21)22(34)25(35)33-11-7-16(8-12-33)19(15-5-3-2-4-6-15)24-31-32-26(36)38-24/h2-6,9-10,13-14,29H,7-8,11-12,27H2,1H3,(H,28,30)(H,32,36). The third-order valence-electron chi connectivity index (χ3n) is 6.37. The first kappa shape index (κ1) is 24.6. The molecule has 194 valence electrons. The zero-order valence-electron chi connectivity index (χ0n) is 20.5. The van der Waals surface area contributed by atoms with Crippen molar-refractivity contribution >= 4 is 34.0 Å². The SMILES string of the molecule is COc1cnc(NC=CN)c2[nH]cc(C(=O)C(=O)N3CCC(=C(c4ccccc4)c4n[nH]c(=O)o4)CC3)c12. The molecule has 12 heteroatoms. The average Bonchev–Trinajstić information content (AvgIpc) is 3.59. The predicted octanol–water partition coefficient (Wildman–Crippen LogP) is 2.40. The topological polar surface area (TPSA) is 172 Å². The third-order valence-corrected chi connectivity index (χ3v) is 6.37. The maximum absolute atomic E-state index is 13.4. The molecule has 1 fully saturated rings. The largest absolute Gasteiger partial charge is 0.494 e. The Balaban J connectivity index is 1.41. The van der Waals surface area contributed by atoms with Crippen LogP contribution in [-0.4, -0.2) is 57.0 Å². The van der Waals surface area contributed by atoms with Gasteiger partial charge in [0.1, 0.15) is 5.75 Å². The predicted molar refractivity (Wildman–Crippen MR) is 139 cm³/mol. The zero-order chi connectivity index (χ0) is 26.6. The minimum absolute atomic E-state index is 0.189. The lowest BCUT2D eigenvalue weighted by atomic mass is 9.92. The molecule has 0 saturated carbocycles. The van der Waals surface area contributed by atoms with Crippen LogP contribution in [0.2, 0.25) is 0 Å².